The molecular formula is C30H57NO6. The predicted octanol–water partition coefficient (Wildman–Crippen LogP) is 6.32. The summed E-state index contributed by atoms with van der Waals surface area (Å²) in [7, 11) is 0. The van der Waals surface area contributed by atoms with Crippen molar-refractivity contribution < 1.29 is 34.2 Å². The zero-order valence-electron chi connectivity index (χ0n) is 23.9. The Labute approximate surface area is 226 Å². The maximum Gasteiger partial charge on any atom is 0.309 e. The number of unbranched alkanes of at least 4 members (excludes halogenated alkanes) is 18. The highest BCUT2D eigenvalue weighted by atomic mass is 16.4. The minimum atomic E-state index is -1.18. The lowest BCUT2D eigenvalue weighted by atomic mass is 10.0. The molecule has 0 unspecified atom stereocenters. The predicted molar refractivity (Wildman–Crippen MR) is 147 cm³/mol. The van der Waals surface area contributed by atoms with Crippen molar-refractivity contribution >= 4 is 17.9 Å². The average molecular weight is 528 g/mol. The molecule has 0 saturated carbocycles. The van der Waals surface area contributed by atoms with Gasteiger partial charge in [-0.15, -0.1) is 0 Å². The second-order valence-corrected chi connectivity index (χ2v) is 11.0. The van der Waals surface area contributed by atoms with Crippen LogP contribution in [-0.2, 0) is 14.4 Å². The van der Waals surface area contributed by atoms with Crippen molar-refractivity contribution in [1.82, 2.24) is 0 Å². The number of carbonyl (C=O) groups excluding carboxylic acids is 1. The lowest BCUT2D eigenvalue weighted by Crippen LogP contribution is -2.53. The third-order valence-corrected chi connectivity index (χ3v) is 7.63. The molecule has 37 heavy (non-hydrogen) atoms. The van der Waals surface area contributed by atoms with E-state index in [9.17, 15) is 19.5 Å². The van der Waals surface area contributed by atoms with Gasteiger partial charge in [0.2, 0.25) is 0 Å². The largest absolute Gasteiger partial charge is 0.550 e. The first kappa shape index (κ1) is 35.4. The van der Waals surface area contributed by atoms with E-state index in [1.54, 1.807) is 0 Å². The molecule has 0 bridgehead atoms. The standard InChI is InChI=1S/C30H57NO6/c1-2-3-4-5-6-7-8-9-10-11-12-13-14-15-16-17-18-19-20-24-31(25-21-28(32)33,26-22-29(34)35)27-23-30(36)37/h2-27H2,1H3,(H2-,32,33,34,35,36,37). The molecule has 0 atom stereocenters. The highest BCUT2D eigenvalue weighted by molar-refractivity contribution is 5.67. The van der Waals surface area contributed by atoms with Crippen LogP contribution in [-0.4, -0.2) is 58.8 Å². The number of carboxylic acids is 3. The van der Waals surface area contributed by atoms with Crippen LogP contribution in [0.25, 0.3) is 0 Å². The number of aliphatic carboxylic acids is 3. The van der Waals surface area contributed by atoms with Crippen molar-refractivity contribution in [2.24, 2.45) is 0 Å². The Morgan fingerprint density at radius 2 is 0.784 bits per heavy atom. The van der Waals surface area contributed by atoms with Crippen LogP contribution in [0.15, 0.2) is 0 Å². The van der Waals surface area contributed by atoms with Gasteiger partial charge < -0.3 is 24.6 Å². The molecule has 0 aliphatic rings. The molecule has 0 aliphatic heterocycles. The van der Waals surface area contributed by atoms with E-state index in [1.807, 2.05) is 0 Å². The molecule has 0 saturated heterocycles. The first-order valence-corrected chi connectivity index (χ1v) is 15.3. The van der Waals surface area contributed by atoms with Crippen LogP contribution >= 0.6 is 0 Å². The monoisotopic (exact) mass is 527 g/mol. The van der Waals surface area contributed by atoms with E-state index in [-0.39, 0.29) is 43.4 Å². The van der Waals surface area contributed by atoms with Gasteiger partial charge in [0.05, 0.1) is 39.0 Å². The molecule has 2 N–H and O–H groups in total. The van der Waals surface area contributed by atoms with Crippen molar-refractivity contribution in [2.75, 3.05) is 26.2 Å². The molecule has 0 amide bonds. The number of nitrogens with zero attached hydrogens (tertiary/aromatic N) is 1. The average Bonchev–Trinajstić information content (AvgIpc) is 2.85. The van der Waals surface area contributed by atoms with Crippen LogP contribution < -0.4 is 5.11 Å². The third kappa shape index (κ3) is 24.5. The van der Waals surface area contributed by atoms with E-state index in [2.05, 4.69) is 6.92 Å². The first-order chi connectivity index (χ1) is 17.8. The summed E-state index contributed by atoms with van der Waals surface area (Å²) in [6, 6.07) is 0. The normalized spacial score (nSPS) is 11.6. The van der Waals surface area contributed by atoms with Gasteiger partial charge in [-0.2, -0.15) is 0 Å². The molecule has 0 aromatic rings. The van der Waals surface area contributed by atoms with Crippen LogP contribution in [0.5, 0.6) is 0 Å². The van der Waals surface area contributed by atoms with E-state index in [0.29, 0.717) is 6.54 Å². The Hall–Kier alpha value is -1.63. The highest BCUT2D eigenvalue weighted by Gasteiger charge is 2.28. The topological polar surface area (TPSA) is 115 Å². The molecule has 7 heteroatoms. The van der Waals surface area contributed by atoms with Gasteiger partial charge in [-0.1, -0.05) is 116 Å². The van der Waals surface area contributed by atoms with E-state index < -0.39 is 17.9 Å². The van der Waals surface area contributed by atoms with Gasteiger partial charge in [0.15, 0.2) is 0 Å². The van der Waals surface area contributed by atoms with Crippen LogP contribution in [0.4, 0.5) is 0 Å². The zero-order chi connectivity index (χ0) is 27.6. The molecular weight excluding hydrogens is 470 g/mol. The van der Waals surface area contributed by atoms with Crippen molar-refractivity contribution in [2.45, 2.75) is 148 Å². The van der Waals surface area contributed by atoms with Crippen molar-refractivity contribution in [3.8, 4) is 0 Å². The van der Waals surface area contributed by atoms with Gasteiger partial charge in [0, 0.05) is 12.4 Å². The second-order valence-electron chi connectivity index (χ2n) is 11.0. The molecule has 0 aliphatic carbocycles. The first-order valence-electron chi connectivity index (χ1n) is 15.3. The number of rotatable bonds is 29. The fraction of sp³-hybridized carbons (Fsp3) is 0.900. The minimum Gasteiger partial charge on any atom is -0.550 e. The Kier molecular flexibility index (Phi) is 23.6. The van der Waals surface area contributed by atoms with E-state index in [0.717, 1.165) is 19.3 Å². The quantitative estimate of drug-likeness (QED) is 0.0868. The number of hydrogen-bond acceptors (Lipinski definition) is 4. The Balaban J connectivity index is 3.89. The molecule has 0 aromatic carbocycles. The Morgan fingerprint density at radius 1 is 0.486 bits per heavy atom. The van der Waals surface area contributed by atoms with Gasteiger partial charge in [0.1, 0.15) is 0 Å². The van der Waals surface area contributed by atoms with Gasteiger partial charge in [-0.25, -0.2) is 0 Å². The second kappa shape index (κ2) is 24.7. The summed E-state index contributed by atoms with van der Waals surface area (Å²) < 4.78 is 0.228. The summed E-state index contributed by atoms with van der Waals surface area (Å²) in [5, 5.41) is 29.2. The smallest absolute Gasteiger partial charge is 0.309 e. The lowest BCUT2D eigenvalue weighted by molar-refractivity contribution is -0.927. The molecule has 0 fully saturated rings. The fourth-order valence-electron chi connectivity index (χ4n) is 5.19. The van der Waals surface area contributed by atoms with Crippen LogP contribution in [0, 0.1) is 0 Å². The van der Waals surface area contributed by atoms with Gasteiger partial charge in [0.25, 0.3) is 0 Å². The summed E-state index contributed by atoms with van der Waals surface area (Å²) in [6.45, 7) is 3.63. The molecule has 0 heterocycles. The van der Waals surface area contributed by atoms with Crippen LogP contribution in [0.3, 0.4) is 0 Å². The van der Waals surface area contributed by atoms with Gasteiger partial charge in [-0.3, -0.25) is 9.59 Å². The maximum atomic E-state index is 11.1. The molecule has 0 spiro atoms. The van der Waals surface area contributed by atoms with Crippen LogP contribution in [0.1, 0.15) is 148 Å². The summed E-state index contributed by atoms with van der Waals surface area (Å²) in [6.07, 6.45) is 24.2. The third-order valence-electron chi connectivity index (χ3n) is 7.63. The molecule has 0 rings (SSSR count). The number of carbonyl (C=O) groups is 3. The fourth-order valence-corrected chi connectivity index (χ4v) is 5.19. The number of carboxylic acid groups (broad SMARTS) is 3. The zero-order valence-corrected chi connectivity index (χ0v) is 23.9. The SMILES string of the molecule is CCCCCCCCCCCCCCCCCCCCC[N+](CCC(=O)[O-])(CCC(=O)O)CCC(=O)O. The van der Waals surface area contributed by atoms with E-state index >= 15 is 0 Å². The lowest BCUT2D eigenvalue weighted by Gasteiger charge is -2.38. The van der Waals surface area contributed by atoms with Crippen molar-refractivity contribution in [3.63, 3.8) is 0 Å². The molecule has 0 radical (unpaired) electrons. The van der Waals surface area contributed by atoms with E-state index in [4.69, 9.17) is 10.2 Å². The Morgan fingerprint density at radius 3 is 1.08 bits per heavy atom. The Bertz CT molecular complexity index is 535. The van der Waals surface area contributed by atoms with E-state index in [1.165, 1.54) is 103 Å². The number of quaternary nitrogens is 1. The molecule has 0 aromatic heterocycles. The molecule has 218 valence electrons. The highest BCUT2D eigenvalue weighted by Crippen LogP contribution is 2.17. The van der Waals surface area contributed by atoms with Gasteiger partial charge in [-0.05, 0) is 12.8 Å². The molecule has 7 nitrogen and oxygen atoms in total. The summed E-state index contributed by atoms with van der Waals surface area (Å²) in [5.41, 5.74) is 0. The number of hydrogen-bond donors (Lipinski definition) is 2. The minimum absolute atomic E-state index is 0.0915. The van der Waals surface area contributed by atoms with Gasteiger partial charge >= 0.3 is 11.9 Å². The summed E-state index contributed by atoms with van der Waals surface area (Å²) in [4.78, 5) is 33.3. The summed E-state index contributed by atoms with van der Waals surface area (Å²) in [5.74, 6) is -3.07. The van der Waals surface area contributed by atoms with Crippen LogP contribution in [0.2, 0.25) is 0 Å². The maximum absolute atomic E-state index is 11.1. The van der Waals surface area contributed by atoms with Crippen molar-refractivity contribution in [1.29, 1.82) is 0 Å². The van der Waals surface area contributed by atoms with Crippen molar-refractivity contribution in [3.05, 3.63) is 0 Å². The summed E-state index contributed by atoms with van der Waals surface area (Å²) >= 11 is 0.